The summed E-state index contributed by atoms with van der Waals surface area (Å²) in [7, 11) is 0. The predicted octanol–water partition coefficient (Wildman–Crippen LogP) is 7.69. The number of hydrogen-bond acceptors (Lipinski definition) is 8. The number of hydrogen-bond donors (Lipinski definition) is 0. The molecule has 8 aromatic rings. The smallest absolute Gasteiger partial charge is 0.182 e. The normalized spacial score (nSPS) is 11.3. The van der Waals surface area contributed by atoms with Gasteiger partial charge >= 0.3 is 0 Å². The fourth-order valence-corrected chi connectivity index (χ4v) is 5.04. The number of benzene rings is 3. The molecule has 8 nitrogen and oxygen atoms in total. The van der Waals surface area contributed by atoms with Crippen LogP contribution < -0.4 is 0 Å². The lowest BCUT2D eigenvalue weighted by atomic mass is 10.1. The van der Waals surface area contributed by atoms with E-state index < -0.39 is 0 Å². The van der Waals surface area contributed by atoms with Crippen molar-refractivity contribution in [1.29, 1.82) is 0 Å². The SMILES string of the molecule is c1ccc(-c2nc(-c3ccccc3)nc(-c3cccc(-c4cccc(-c5ncnc6c5oc5ccccc56)n4)n3)n2)cc1. The zero-order valence-electron chi connectivity index (χ0n) is 22.7. The second kappa shape index (κ2) is 10.4. The van der Waals surface area contributed by atoms with Crippen molar-refractivity contribution in [3.8, 4) is 57.1 Å². The lowest BCUT2D eigenvalue weighted by Crippen LogP contribution is -2.01. The highest BCUT2D eigenvalue weighted by Crippen LogP contribution is 2.33. The molecule has 0 saturated heterocycles. The Kier molecular flexibility index (Phi) is 5.93. The zero-order chi connectivity index (χ0) is 28.6. The molecule has 43 heavy (non-hydrogen) atoms. The average molecular weight is 556 g/mol. The second-order valence-corrected chi connectivity index (χ2v) is 9.85. The molecule has 0 saturated carbocycles. The lowest BCUT2D eigenvalue weighted by Gasteiger charge is -2.09. The van der Waals surface area contributed by atoms with Gasteiger partial charge in [0, 0.05) is 16.5 Å². The van der Waals surface area contributed by atoms with E-state index in [0.717, 1.165) is 27.6 Å². The second-order valence-electron chi connectivity index (χ2n) is 9.85. The fourth-order valence-electron chi connectivity index (χ4n) is 5.04. The number of fused-ring (bicyclic) bond motifs is 3. The molecule has 8 heteroatoms. The van der Waals surface area contributed by atoms with Crippen molar-refractivity contribution in [1.82, 2.24) is 34.9 Å². The van der Waals surface area contributed by atoms with Gasteiger partial charge < -0.3 is 4.42 Å². The Labute approximate surface area is 245 Å². The van der Waals surface area contributed by atoms with Crippen molar-refractivity contribution in [2.75, 3.05) is 0 Å². The molecule has 0 aliphatic heterocycles. The van der Waals surface area contributed by atoms with E-state index in [1.165, 1.54) is 0 Å². The molecular formula is C35H21N7O. The minimum atomic E-state index is 0.477. The number of nitrogens with zero attached hydrogens (tertiary/aromatic N) is 7. The number of aromatic nitrogens is 7. The van der Waals surface area contributed by atoms with Crippen LogP contribution in [0.25, 0.3) is 79.1 Å². The van der Waals surface area contributed by atoms with E-state index in [0.29, 0.717) is 51.5 Å². The number of para-hydroxylation sites is 1. The van der Waals surface area contributed by atoms with Crippen molar-refractivity contribution >= 4 is 22.1 Å². The zero-order valence-corrected chi connectivity index (χ0v) is 22.7. The van der Waals surface area contributed by atoms with Crippen LogP contribution in [0.3, 0.4) is 0 Å². The van der Waals surface area contributed by atoms with Gasteiger partial charge in [-0.1, -0.05) is 84.9 Å². The van der Waals surface area contributed by atoms with Crippen LogP contribution in [0.4, 0.5) is 0 Å². The Hall–Kier alpha value is -6.15. The summed E-state index contributed by atoms with van der Waals surface area (Å²) in [4.78, 5) is 33.3. The van der Waals surface area contributed by atoms with Crippen LogP contribution in [-0.4, -0.2) is 34.9 Å². The van der Waals surface area contributed by atoms with Gasteiger partial charge in [0.25, 0.3) is 0 Å². The van der Waals surface area contributed by atoms with Gasteiger partial charge in [0.05, 0.1) is 17.1 Å². The van der Waals surface area contributed by atoms with Crippen LogP contribution in [0.15, 0.2) is 132 Å². The highest BCUT2D eigenvalue weighted by Gasteiger charge is 2.17. The third kappa shape index (κ3) is 4.57. The van der Waals surface area contributed by atoms with E-state index in [1.807, 2.05) is 121 Å². The summed E-state index contributed by atoms with van der Waals surface area (Å²) in [6.45, 7) is 0. The summed E-state index contributed by atoms with van der Waals surface area (Å²) < 4.78 is 6.15. The summed E-state index contributed by atoms with van der Waals surface area (Å²) in [6.07, 6.45) is 1.54. The molecule has 0 bridgehead atoms. The lowest BCUT2D eigenvalue weighted by molar-refractivity contribution is 0.667. The quantitative estimate of drug-likeness (QED) is 0.213. The first kappa shape index (κ1) is 24.6. The molecule has 0 spiro atoms. The van der Waals surface area contributed by atoms with Crippen LogP contribution >= 0.6 is 0 Å². The monoisotopic (exact) mass is 555 g/mol. The molecule has 5 heterocycles. The average Bonchev–Trinajstić information content (AvgIpc) is 3.48. The first-order chi connectivity index (χ1) is 21.3. The third-order valence-electron chi connectivity index (χ3n) is 7.09. The Balaban J connectivity index is 1.22. The maximum atomic E-state index is 6.15. The molecule has 3 aromatic carbocycles. The third-order valence-corrected chi connectivity index (χ3v) is 7.09. The van der Waals surface area contributed by atoms with Gasteiger partial charge in [-0.05, 0) is 36.4 Å². The van der Waals surface area contributed by atoms with E-state index in [-0.39, 0.29) is 0 Å². The van der Waals surface area contributed by atoms with Gasteiger partial charge in [-0.25, -0.2) is 34.9 Å². The van der Waals surface area contributed by atoms with E-state index in [4.69, 9.17) is 29.3 Å². The molecule has 0 radical (unpaired) electrons. The summed E-state index contributed by atoms with van der Waals surface area (Å²) in [5.74, 6) is 1.64. The van der Waals surface area contributed by atoms with Gasteiger partial charge in [0.15, 0.2) is 23.1 Å². The van der Waals surface area contributed by atoms with Crippen LogP contribution in [-0.2, 0) is 0 Å². The summed E-state index contributed by atoms with van der Waals surface area (Å²) in [6, 6.07) is 39.1. The maximum absolute atomic E-state index is 6.15. The number of pyridine rings is 2. The molecular weight excluding hydrogens is 534 g/mol. The minimum absolute atomic E-state index is 0.477. The molecule has 0 amide bonds. The standard InChI is InChI=1S/C35H21N7O/c1-3-11-22(12-4-1)33-40-34(23-13-5-2-6-14-23)42-35(41-33)28-19-10-17-26(39-28)25-16-9-18-27(38-25)31-32-30(36-21-37-31)24-15-7-8-20-29(24)43-32/h1-21H. The highest BCUT2D eigenvalue weighted by atomic mass is 16.3. The maximum Gasteiger partial charge on any atom is 0.182 e. The van der Waals surface area contributed by atoms with E-state index in [2.05, 4.69) is 9.97 Å². The van der Waals surface area contributed by atoms with E-state index in [9.17, 15) is 0 Å². The molecule has 0 aliphatic carbocycles. The van der Waals surface area contributed by atoms with Crippen LogP contribution in [0.1, 0.15) is 0 Å². The van der Waals surface area contributed by atoms with Crippen LogP contribution in [0.2, 0.25) is 0 Å². The summed E-state index contributed by atoms with van der Waals surface area (Å²) in [5, 5.41) is 0.939. The van der Waals surface area contributed by atoms with E-state index >= 15 is 0 Å². The van der Waals surface area contributed by atoms with Crippen molar-refractivity contribution in [2.24, 2.45) is 0 Å². The van der Waals surface area contributed by atoms with E-state index in [1.54, 1.807) is 6.33 Å². The highest BCUT2D eigenvalue weighted by molar-refractivity contribution is 6.05. The molecule has 202 valence electrons. The van der Waals surface area contributed by atoms with Gasteiger partial charge in [0.2, 0.25) is 0 Å². The summed E-state index contributed by atoms with van der Waals surface area (Å²) in [5.41, 5.74) is 7.17. The molecule has 0 N–H and O–H groups in total. The molecule has 0 atom stereocenters. The van der Waals surface area contributed by atoms with Crippen molar-refractivity contribution in [2.45, 2.75) is 0 Å². The molecule has 8 rings (SSSR count). The van der Waals surface area contributed by atoms with Crippen molar-refractivity contribution in [3.63, 3.8) is 0 Å². The number of rotatable bonds is 5. The Morgan fingerprint density at radius 3 is 1.67 bits per heavy atom. The van der Waals surface area contributed by atoms with Crippen LogP contribution in [0.5, 0.6) is 0 Å². The first-order valence-corrected chi connectivity index (χ1v) is 13.7. The molecule has 5 aromatic heterocycles. The van der Waals surface area contributed by atoms with Gasteiger partial charge in [0.1, 0.15) is 28.8 Å². The molecule has 0 unspecified atom stereocenters. The van der Waals surface area contributed by atoms with Crippen molar-refractivity contribution < 1.29 is 4.42 Å². The molecule has 0 aliphatic rings. The predicted molar refractivity (Wildman–Crippen MR) is 165 cm³/mol. The Morgan fingerprint density at radius 1 is 0.419 bits per heavy atom. The Bertz CT molecular complexity index is 2190. The fraction of sp³-hybridized carbons (Fsp3) is 0. The van der Waals surface area contributed by atoms with Gasteiger partial charge in [-0.15, -0.1) is 0 Å². The van der Waals surface area contributed by atoms with Crippen LogP contribution in [0, 0.1) is 0 Å². The summed E-state index contributed by atoms with van der Waals surface area (Å²) >= 11 is 0. The number of furan rings is 1. The topological polar surface area (TPSA) is 103 Å². The first-order valence-electron chi connectivity index (χ1n) is 13.7. The van der Waals surface area contributed by atoms with Gasteiger partial charge in [-0.2, -0.15) is 0 Å². The molecule has 0 fully saturated rings. The van der Waals surface area contributed by atoms with Crippen molar-refractivity contribution in [3.05, 3.63) is 128 Å². The minimum Gasteiger partial charge on any atom is -0.452 e. The van der Waals surface area contributed by atoms with Gasteiger partial charge in [-0.3, -0.25) is 0 Å². The largest absolute Gasteiger partial charge is 0.452 e. The Morgan fingerprint density at radius 2 is 0.977 bits per heavy atom.